The predicted octanol–water partition coefficient (Wildman–Crippen LogP) is 2.01. The van der Waals surface area contributed by atoms with Gasteiger partial charge in [-0.15, -0.1) is 0 Å². The molecule has 0 heterocycles. The molecular formula is C10H11F3N2O. The van der Waals surface area contributed by atoms with Gasteiger partial charge in [0, 0.05) is 5.69 Å². The monoisotopic (exact) mass is 232 g/mol. The molecular weight excluding hydrogens is 221 g/mol. The van der Waals surface area contributed by atoms with E-state index in [0.29, 0.717) is 11.3 Å². The van der Waals surface area contributed by atoms with E-state index in [-0.39, 0.29) is 0 Å². The minimum Gasteiger partial charge on any atom is -0.399 e. The average molecular weight is 232 g/mol. The summed E-state index contributed by atoms with van der Waals surface area (Å²) in [4.78, 5) is 10.7. The highest BCUT2D eigenvalue weighted by molar-refractivity contribution is 5.82. The van der Waals surface area contributed by atoms with Crippen LogP contribution < -0.4 is 11.1 Å². The van der Waals surface area contributed by atoms with Crippen molar-refractivity contribution in [1.29, 1.82) is 0 Å². The SMILES string of the molecule is C[C@H](NC(=O)C(F)(F)F)c1ccc(N)cc1. The molecule has 0 bridgehead atoms. The van der Waals surface area contributed by atoms with Crippen LogP contribution in [0.5, 0.6) is 0 Å². The number of alkyl halides is 3. The number of benzene rings is 1. The molecule has 3 nitrogen and oxygen atoms in total. The van der Waals surface area contributed by atoms with Crippen molar-refractivity contribution in [1.82, 2.24) is 5.32 Å². The van der Waals surface area contributed by atoms with Crippen molar-refractivity contribution < 1.29 is 18.0 Å². The number of nitrogens with one attached hydrogen (secondary N) is 1. The lowest BCUT2D eigenvalue weighted by Crippen LogP contribution is -2.38. The lowest BCUT2D eigenvalue weighted by molar-refractivity contribution is -0.174. The predicted molar refractivity (Wildman–Crippen MR) is 53.5 cm³/mol. The molecule has 1 aromatic rings. The van der Waals surface area contributed by atoms with Gasteiger partial charge in [-0.05, 0) is 24.6 Å². The van der Waals surface area contributed by atoms with Crippen molar-refractivity contribution in [3.05, 3.63) is 29.8 Å². The number of carbonyl (C=O) groups is 1. The Balaban J connectivity index is 2.69. The van der Waals surface area contributed by atoms with E-state index in [1.165, 1.54) is 6.92 Å². The summed E-state index contributed by atoms with van der Waals surface area (Å²) >= 11 is 0. The number of hydrogen-bond acceptors (Lipinski definition) is 2. The van der Waals surface area contributed by atoms with E-state index in [1.807, 2.05) is 5.32 Å². The van der Waals surface area contributed by atoms with Crippen LogP contribution in [0.4, 0.5) is 18.9 Å². The smallest absolute Gasteiger partial charge is 0.399 e. The van der Waals surface area contributed by atoms with Crippen LogP contribution in [-0.2, 0) is 4.79 Å². The minimum atomic E-state index is -4.86. The highest BCUT2D eigenvalue weighted by Gasteiger charge is 2.39. The molecule has 0 aromatic heterocycles. The maximum atomic E-state index is 12.0. The Morgan fingerprint density at radius 2 is 1.81 bits per heavy atom. The topological polar surface area (TPSA) is 55.1 Å². The zero-order valence-electron chi connectivity index (χ0n) is 8.51. The van der Waals surface area contributed by atoms with Gasteiger partial charge < -0.3 is 11.1 Å². The van der Waals surface area contributed by atoms with Crippen LogP contribution >= 0.6 is 0 Å². The molecule has 0 saturated carbocycles. The molecule has 1 aromatic carbocycles. The second kappa shape index (κ2) is 4.42. The van der Waals surface area contributed by atoms with Crippen molar-refractivity contribution in [3.8, 4) is 0 Å². The first-order chi connectivity index (χ1) is 7.30. The van der Waals surface area contributed by atoms with E-state index in [9.17, 15) is 18.0 Å². The highest BCUT2D eigenvalue weighted by Crippen LogP contribution is 2.19. The fraction of sp³-hybridized carbons (Fsp3) is 0.300. The van der Waals surface area contributed by atoms with E-state index in [2.05, 4.69) is 0 Å². The number of hydrogen-bond donors (Lipinski definition) is 2. The summed E-state index contributed by atoms with van der Waals surface area (Å²) in [5.74, 6) is -1.95. The van der Waals surface area contributed by atoms with Crippen molar-refractivity contribution in [2.75, 3.05) is 5.73 Å². The summed E-state index contributed by atoms with van der Waals surface area (Å²) in [6, 6.07) is 5.54. The Hall–Kier alpha value is -1.72. The van der Waals surface area contributed by atoms with Crippen molar-refractivity contribution in [3.63, 3.8) is 0 Å². The van der Waals surface area contributed by atoms with Crippen LogP contribution in [-0.4, -0.2) is 12.1 Å². The summed E-state index contributed by atoms with van der Waals surface area (Å²) in [5.41, 5.74) is 6.50. The summed E-state index contributed by atoms with van der Waals surface area (Å²) in [7, 11) is 0. The summed E-state index contributed by atoms with van der Waals surface area (Å²) in [6.45, 7) is 1.47. The van der Waals surface area contributed by atoms with Gasteiger partial charge in [0.1, 0.15) is 0 Å². The fourth-order valence-electron chi connectivity index (χ4n) is 1.15. The van der Waals surface area contributed by atoms with Gasteiger partial charge >= 0.3 is 12.1 Å². The van der Waals surface area contributed by atoms with Crippen LogP contribution in [0.2, 0.25) is 0 Å². The van der Waals surface area contributed by atoms with Gasteiger partial charge in [-0.1, -0.05) is 12.1 Å². The molecule has 1 atom stereocenters. The molecule has 0 unspecified atom stereocenters. The Bertz CT molecular complexity index is 373. The maximum absolute atomic E-state index is 12.0. The second-order valence-corrected chi connectivity index (χ2v) is 3.36. The third-order valence-corrected chi connectivity index (χ3v) is 2.04. The standard InChI is InChI=1S/C10H11F3N2O/c1-6(15-9(16)10(11,12)13)7-2-4-8(14)5-3-7/h2-6H,14H2,1H3,(H,15,16)/t6-/m0/s1. The first-order valence-electron chi connectivity index (χ1n) is 4.54. The number of carbonyl (C=O) groups excluding carboxylic acids is 1. The largest absolute Gasteiger partial charge is 0.471 e. The number of halogens is 3. The summed E-state index contributed by atoms with van der Waals surface area (Å²) in [5, 5.41) is 1.85. The number of rotatable bonds is 2. The lowest BCUT2D eigenvalue weighted by Gasteiger charge is -2.15. The average Bonchev–Trinajstić information content (AvgIpc) is 2.17. The van der Waals surface area contributed by atoms with Crippen LogP contribution in [0.15, 0.2) is 24.3 Å². The minimum absolute atomic E-state index is 0.512. The molecule has 0 fully saturated rings. The Labute approximate surface area is 90.4 Å². The van der Waals surface area contributed by atoms with Crippen LogP contribution in [0.25, 0.3) is 0 Å². The third-order valence-electron chi connectivity index (χ3n) is 2.04. The molecule has 0 aliphatic carbocycles. The first-order valence-corrected chi connectivity index (χ1v) is 4.54. The molecule has 0 radical (unpaired) electrons. The fourth-order valence-corrected chi connectivity index (χ4v) is 1.15. The van der Waals surface area contributed by atoms with Crippen LogP contribution in [0.3, 0.4) is 0 Å². The molecule has 0 aliphatic heterocycles. The number of nitrogen functional groups attached to an aromatic ring is 1. The molecule has 0 aliphatic rings. The van der Waals surface area contributed by atoms with Crippen LogP contribution in [0, 0.1) is 0 Å². The Morgan fingerprint density at radius 3 is 2.25 bits per heavy atom. The first kappa shape index (κ1) is 12.4. The van der Waals surface area contributed by atoms with Crippen molar-refractivity contribution in [2.45, 2.75) is 19.1 Å². The third kappa shape index (κ3) is 3.15. The molecule has 88 valence electrons. The quantitative estimate of drug-likeness (QED) is 0.766. The molecule has 1 amide bonds. The number of anilines is 1. The van der Waals surface area contributed by atoms with Gasteiger partial charge in [0.05, 0.1) is 6.04 Å². The van der Waals surface area contributed by atoms with Gasteiger partial charge in [-0.3, -0.25) is 4.79 Å². The van der Waals surface area contributed by atoms with E-state index in [0.717, 1.165) is 0 Å². The lowest BCUT2D eigenvalue weighted by atomic mass is 10.1. The van der Waals surface area contributed by atoms with E-state index < -0.39 is 18.1 Å². The van der Waals surface area contributed by atoms with Crippen LogP contribution in [0.1, 0.15) is 18.5 Å². The Morgan fingerprint density at radius 1 is 1.31 bits per heavy atom. The summed E-state index contributed by atoms with van der Waals surface area (Å²) < 4.78 is 35.9. The van der Waals surface area contributed by atoms with Gasteiger partial charge in [0.2, 0.25) is 0 Å². The maximum Gasteiger partial charge on any atom is 0.471 e. The van der Waals surface area contributed by atoms with E-state index in [1.54, 1.807) is 24.3 Å². The molecule has 6 heteroatoms. The molecule has 0 spiro atoms. The molecule has 1 rings (SSSR count). The van der Waals surface area contributed by atoms with E-state index in [4.69, 9.17) is 5.73 Å². The van der Waals surface area contributed by atoms with E-state index >= 15 is 0 Å². The zero-order chi connectivity index (χ0) is 12.3. The molecule has 3 N–H and O–H groups in total. The molecule has 0 saturated heterocycles. The zero-order valence-corrected chi connectivity index (χ0v) is 8.51. The normalized spacial score (nSPS) is 13.2. The molecule has 16 heavy (non-hydrogen) atoms. The second-order valence-electron chi connectivity index (χ2n) is 3.36. The van der Waals surface area contributed by atoms with Gasteiger partial charge in [-0.25, -0.2) is 0 Å². The van der Waals surface area contributed by atoms with Gasteiger partial charge in [0.15, 0.2) is 0 Å². The summed E-state index contributed by atoms with van der Waals surface area (Å²) in [6.07, 6.45) is -4.86. The number of amides is 1. The number of nitrogens with two attached hydrogens (primary N) is 1. The van der Waals surface area contributed by atoms with Crippen molar-refractivity contribution in [2.24, 2.45) is 0 Å². The van der Waals surface area contributed by atoms with Crippen molar-refractivity contribution >= 4 is 11.6 Å². The Kier molecular flexibility index (Phi) is 3.41. The van der Waals surface area contributed by atoms with Gasteiger partial charge in [0.25, 0.3) is 0 Å². The van der Waals surface area contributed by atoms with Gasteiger partial charge in [-0.2, -0.15) is 13.2 Å². The highest BCUT2D eigenvalue weighted by atomic mass is 19.4.